The van der Waals surface area contributed by atoms with E-state index in [1.807, 2.05) is 0 Å². The van der Waals surface area contributed by atoms with Crippen LogP contribution in [0.1, 0.15) is 25.7 Å². The second-order valence-electron chi connectivity index (χ2n) is 4.93. The number of sulfonamides is 1. The first kappa shape index (κ1) is 13.3. The molecule has 1 atom stereocenters. The van der Waals surface area contributed by atoms with Gasteiger partial charge in [-0.05, 0) is 44.7 Å². The molecule has 5 nitrogen and oxygen atoms in total. The standard InChI is InChI=1S/C11H22N2O3S/c14-17(15,11-3-5-12-6-4-11)13-8-10-2-1-7-16-9-10/h10-13H,1-9H2. The number of piperidine rings is 1. The summed E-state index contributed by atoms with van der Waals surface area (Å²) in [5.74, 6) is 0.347. The van der Waals surface area contributed by atoms with Gasteiger partial charge in [-0.1, -0.05) is 0 Å². The van der Waals surface area contributed by atoms with E-state index in [0.717, 1.165) is 45.4 Å². The number of nitrogens with one attached hydrogen (secondary N) is 2. The van der Waals surface area contributed by atoms with Gasteiger partial charge in [-0.25, -0.2) is 13.1 Å². The zero-order valence-electron chi connectivity index (χ0n) is 10.2. The van der Waals surface area contributed by atoms with Crippen LogP contribution in [0.2, 0.25) is 0 Å². The van der Waals surface area contributed by atoms with Crippen molar-refractivity contribution in [3.05, 3.63) is 0 Å². The lowest BCUT2D eigenvalue weighted by atomic mass is 10.0. The molecule has 0 bridgehead atoms. The zero-order valence-corrected chi connectivity index (χ0v) is 11.0. The van der Waals surface area contributed by atoms with Crippen LogP contribution in [0.5, 0.6) is 0 Å². The summed E-state index contributed by atoms with van der Waals surface area (Å²) in [5, 5.41) is 2.97. The van der Waals surface area contributed by atoms with Gasteiger partial charge in [0.1, 0.15) is 0 Å². The van der Waals surface area contributed by atoms with Crippen LogP contribution in [0, 0.1) is 5.92 Å². The van der Waals surface area contributed by atoms with Crippen molar-refractivity contribution in [1.29, 1.82) is 0 Å². The van der Waals surface area contributed by atoms with Gasteiger partial charge in [0, 0.05) is 13.2 Å². The Morgan fingerprint density at radius 1 is 1.24 bits per heavy atom. The molecule has 2 fully saturated rings. The Morgan fingerprint density at radius 3 is 2.65 bits per heavy atom. The Balaban J connectivity index is 1.79. The monoisotopic (exact) mass is 262 g/mol. The molecule has 0 aromatic heterocycles. The lowest BCUT2D eigenvalue weighted by molar-refractivity contribution is 0.0567. The number of hydrogen-bond acceptors (Lipinski definition) is 4. The van der Waals surface area contributed by atoms with Crippen LogP contribution in [0.25, 0.3) is 0 Å². The number of rotatable bonds is 4. The molecule has 0 saturated carbocycles. The van der Waals surface area contributed by atoms with E-state index in [1.54, 1.807) is 0 Å². The van der Waals surface area contributed by atoms with Gasteiger partial charge < -0.3 is 10.1 Å². The zero-order chi connectivity index (χ0) is 12.1. The van der Waals surface area contributed by atoms with E-state index in [1.165, 1.54) is 0 Å². The molecular formula is C11H22N2O3S. The minimum atomic E-state index is -3.13. The second-order valence-corrected chi connectivity index (χ2v) is 6.97. The van der Waals surface area contributed by atoms with Crippen molar-refractivity contribution in [3.63, 3.8) is 0 Å². The van der Waals surface area contributed by atoms with Crippen molar-refractivity contribution < 1.29 is 13.2 Å². The SMILES string of the molecule is O=S(=O)(NCC1CCCOC1)C1CCNCC1. The molecule has 0 spiro atoms. The smallest absolute Gasteiger partial charge is 0.214 e. The minimum absolute atomic E-state index is 0.215. The van der Waals surface area contributed by atoms with Gasteiger partial charge in [0.15, 0.2) is 0 Å². The predicted octanol–water partition coefficient (Wildman–Crippen LogP) is 0.0844. The first-order valence-corrected chi connectivity index (χ1v) is 8.00. The Morgan fingerprint density at radius 2 is 2.00 bits per heavy atom. The fourth-order valence-electron chi connectivity index (χ4n) is 2.43. The lowest BCUT2D eigenvalue weighted by Gasteiger charge is -2.26. The van der Waals surface area contributed by atoms with Gasteiger partial charge in [-0.3, -0.25) is 0 Å². The minimum Gasteiger partial charge on any atom is -0.381 e. The van der Waals surface area contributed by atoms with Crippen LogP contribution in [0.3, 0.4) is 0 Å². The molecule has 2 rings (SSSR count). The Bertz CT molecular complexity index is 320. The lowest BCUT2D eigenvalue weighted by Crippen LogP contribution is -2.43. The Labute approximate surface area is 103 Å². The summed E-state index contributed by atoms with van der Waals surface area (Å²) in [5.41, 5.74) is 0. The molecule has 2 aliphatic heterocycles. The predicted molar refractivity (Wildman–Crippen MR) is 66.4 cm³/mol. The van der Waals surface area contributed by atoms with Crippen LogP contribution in [-0.2, 0) is 14.8 Å². The van der Waals surface area contributed by atoms with Crippen molar-refractivity contribution >= 4 is 10.0 Å². The Hall–Kier alpha value is -0.170. The normalized spacial score (nSPS) is 28.1. The molecule has 2 heterocycles. The average Bonchev–Trinajstić information content (AvgIpc) is 2.39. The van der Waals surface area contributed by atoms with Crippen molar-refractivity contribution in [2.24, 2.45) is 5.92 Å². The maximum atomic E-state index is 12.0. The largest absolute Gasteiger partial charge is 0.381 e. The third kappa shape index (κ3) is 3.91. The summed E-state index contributed by atoms with van der Waals surface area (Å²) >= 11 is 0. The fraction of sp³-hybridized carbons (Fsp3) is 1.00. The summed E-state index contributed by atoms with van der Waals surface area (Å²) in [6, 6.07) is 0. The van der Waals surface area contributed by atoms with Crippen molar-refractivity contribution in [1.82, 2.24) is 10.0 Å². The molecule has 1 unspecified atom stereocenters. The molecule has 2 N–H and O–H groups in total. The van der Waals surface area contributed by atoms with Gasteiger partial charge in [0.25, 0.3) is 0 Å². The molecular weight excluding hydrogens is 240 g/mol. The van der Waals surface area contributed by atoms with Crippen molar-refractivity contribution in [3.8, 4) is 0 Å². The maximum absolute atomic E-state index is 12.0. The van der Waals surface area contributed by atoms with Crippen LogP contribution >= 0.6 is 0 Å². The summed E-state index contributed by atoms with van der Waals surface area (Å²) in [7, 11) is -3.13. The molecule has 0 aliphatic carbocycles. The van der Waals surface area contributed by atoms with Crippen molar-refractivity contribution in [2.45, 2.75) is 30.9 Å². The summed E-state index contributed by atoms with van der Waals surface area (Å²) in [6.45, 7) is 3.65. The summed E-state index contributed by atoms with van der Waals surface area (Å²) in [4.78, 5) is 0. The highest BCUT2D eigenvalue weighted by atomic mass is 32.2. The first-order valence-electron chi connectivity index (χ1n) is 6.45. The average molecular weight is 262 g/mol. The maximum Gasteiger partial charge on any atom is 0.214 e. The van der Waals surface area contributed by atoms with Gasteiger partial charge >= 0.3 is 0 Å². The topological polar surface area (TPSA) is 67.4 Å². The molecule has 0 aromatic rings. The van der Waals surface area contributed by atoms with Gasteiger partial charge in [-0.2, -0.15) is 0 Å². The van der Waals surface area contributed by atoms with E-state index < -0.39 is 10.0 Å². The third-order valence-electron chi connectivity index (χ3n) is 3.55. The van der Waals surface area contributed by atoms with Crippen molar-refractivity contribution in [2.75, 3.05) is 32.8 Å². The van der Waals surface area contributed by atoms with Gasteiger partial charge in [-0.15, -0.1) is 0 Å². The van der Waals surface area contributed by atoms with E-state index in [4.69, 9.17) is 4.74 Å². The molecule has 0 amide bonds. The molecule has 17 heavy (non-hydrogen) atoms. The van der Waals surface area contributed by atoms with Crippen LogP contribution in [0.4, 0.5) is 0 Å². The van der Waals surface area contributed by atoms with E-state index in [-0.39, 0.29) is 5.25 Å². The number of ether oxygens (including phenoxy) is 1. The van der Waals surface area contributed by atoms with Gasteiger partial charge in [0.2, 0.25) is 10.0 Å². The fourth-order valence-corrected chi connectivity index (χ4v) is 3.99. The highest BCUT2D eigenvalue weighted by Gasteiger charge is 2.27. The summed E-state index contributed by atoms with van der Waals surface area (Å²) in [6.07, 6.45) is 3.54. The van der Waals surface area contributed by atoms with Gasteiger partial charge in [0.05, 0.1) is 11.9 Å². The molecule has 6 heteroatoms. The molecule has 0 aromatic carbocycles. The van der Waals surface area contributed by atoms with Crippen LogP contribution in [0.15, 0.2) is 0 Å². The molecule has 100 valence electrons. The molecule has 2 aliphatic rings. The van der Waals surface area contributed by atoms with E-state index in [0.29, 0.717) is 19.1 Å². The second kappa shape index (κ2) is 6.13. The van der Waals surface area contributed by atoms with E-state index in [9.17, 15) is 8.42 Å². The highest BCUT2D eigenvalue weighted by molar-refractivity contribution is 7.90. The number of hydrogen-bond donors (Lipinski definition) is 2. The first-order chi connectivity index (χ1) is 8.18. The Kier molecular flexibility index (Phi) is 4.78. The van der Waals surface area contributed by atoms with E-state index >= 15 is 0 Å². The summed E-state index contributed by atoms with van der Waals surface area (Å²) < 4.78 is 32.2. The molecule has 2 saturated heterocycles. The highest BCUT2D eigenvalue weighted by Crippen LogP contribution is 2.15. The quantitative estimate of drug-likeness (QED) is 0.753. The van der Waals surface area contributed by atoms with E-state index in [2.05, 4.69) is 10.0 Å². The van der Waals surface area contributed by atoms with Crippen LogP contribution in [-0.4, -0.2) is 46.5 Å². The van der Waals surface area contributed by atoms with Crippen LogP contribution < -0.4 is 10.0 Å². The molecule has 0 radical (unpaired) electrons. The third-order valence-corrected chi connectivity index (χ3v) is 5.47.